The SMILES string of the molecule is CCC(=NOC)c1csc(C(=O)c2cn(C(=O)OC(C)(C)C)c3ccccc23)n1. The summed E-state index contributed by atoms with van der Waals surface area (Å²) in [4.78, 5) is 35.1. The number of oxime groups is 1. The normalized spacial score (nSPS) is 12.2. The number of hydrogen-bond donors (Lipinski definition) is 0. The van der Waals surface area contributed by atoms with Crippen LogP contribution in [0, 0.1) is 0 Å². The van der Waals surface area contributed by atoms with E-state index in [-0.39, 0.29) is 5.78 Å². The van der Waals surface area contributed by atoms with Crippen LogP contribution in [-0.2, 0) is 9.57 Å². The quantitative estimate of drug-likeness (QED) is 0.338. The maximum Gasteiger partial charge on any atom is 0.419 e. The molecule has 2 aromatic heterocycles. The topological polar surface area (TPSA) is 82.8 Å². The standard InChI is InChI=1S/C21H23N3O4S/c1-6-15(23-27-5)16-12-29-19(22-16)18(25)14-11-24(20(26)28-21(2,3)4)17-10-8-7-9-13(14)17/h7-12H,6H2,1-5H3. The van der Waals surface area contributed by atoms with Crippen molar-refractivity contribution in [2.24, 2.45) is 5.16 Å². The lowest BCUT2D eigenvalue weighted by Crippen LogP contribution is -2.26. The molecule has 0 radical (unpaired) electrons. The lowest BCUT2D eigenvalue weighted by atomic mass is 10.1. The van der Waals surface area contributed by atoms with E-state index in [1.165, 1.54) is 29.2 Å². The molecule has 0 N–H and O–H groups in total. The molecule has 0 saturated heterocycles. The molecule has 0 spiro atoms. The molecule has 0 fully saturated rings. The third-order valence-corrected chi connectivity index (χ3v) is 4.92. The number of fused-ring (bicyclic) bond motifs is 1. The minimum atomic E-state index is -0.645. The molecule has 8 heteroatoms. The second-order valence-electron chi connectivity index (χ2n) is 7.35. The van der Waals surface area contributed by atoms with Gasteiger partial charge in [-0.15, -0.1) is 11.3 Å². The smallest absolute Gasteiger partial charge is 0.419 e. The first-order chi connectivity index (χ1) is 13.7. The van der Waals surface area contributed by atoms with E-state index in [4.69, 9.17) is 9.57 Å². The van der Waals surface area contributed by atoms with Crippen LogP contribution < -0.4 is 0 Å². The van der Waals surface area contributed by atoms with Gasteiger partial charge in [0.2, 0.25) is 5.78 Å². The van der Waals surface area contributed by atoms with Gasteiger partial charge in [0.25, 0.3) is 0 Å². The number of carbonyl (C=O) groups is 2. The van der Waals surface area contributed by atoms with Crippen molar-refractivity contribution in [1.82, 2.24) is 9.55 Å². The van der Waals surface area contributed by atoms with E-state index in [1.807, 2.05) is 25.1 Å². The Bertz CT molecular complexity index is 1090. The summed E-state index contributed by atoms with van der Waals surface area (Å²) in [5.74, 6) is -0.257. The largest absolute Gasteiger partial charge is 0.443 e. The Balaban J connectivity index is 2.02. The number of thiazole rings is 1. The van der Waals surface area contributed by atoms with Crippen LogP contribution in [0.1, 0.15) is 55.2 Å². The van der Waals surface area contributed by atoms with Gasteiger partial charge in [-0.3, -0.25) is 9.36 Å². The third kappa shape index (κ3) is 4.37. The molecule has 3 aromatic rings. The molecule has 0 bridgehead atoms. The molecule has 0 amide bonds. The summed E-state index contributed by atoms with van der Waals surface area (Å²) in [5, 5.41) is 6.72. The summed E-state index contributed by atoms with van der Waals surface area (Å²) in [6, 6.07) is 7.23. The zero-order chi connectivity index (χ0) is 21.2. The van der Waals surface area contributed by atoms with Gasteiger partial charge >= 0.3 is 6.09 Å². The van der Waals surface area contributed by atoms with Crippen molar-refractivity contribution in [2.75, 3.05) is 7.11 Å². The Hall–Kier alpha value is -3.00. The molecule has 0 saturated carbocycles. The summed E-state index contributed by atoms with van der Waals surface area (Å²) < 4.78 is 6.85. The Morgan fingerprint density at radius 3 is 2.62 bits per heavy atom. The van der Waals surface area contributed by atoms with E-state index < -0.39 is 11.7 Å². The highest BCUT2D eigenvalue weighted by Crippen LogP contribution is 2.26. The Morgan fingerprint density at radius 2 is 1.97 bits per heavy atom. The predicted octanol–water partition coefficient (Wildman–Crippen LogP) is 4.87. The van der Waals surface area contributed by atoms with Gasteiger partial charge in [0, 0.05) is 17.0 Å². The van der Waals surface area contributed by atoms with E-state index in [9.17, 15) is 9.59 Å². The minimum absolute atomic E-state index is 0.257. The zero-order valence-electron chi connectivity index (χ0n) is 17.1. The maximum atomic E-state index is 13.2. The lowest BCUT2D eigenvalue weighted by molar-refractivity contribution is 0.0544. The average molecular weight is 413 g/mol. The van der Waals surface area contributed by atoms with E-state index in [1.54, 1.807) is 32.2 Å². The summed E-state index contributed by atoms with van der Waals surface area (Å²) in [5.41, 5.74) is 1.64. The molecule has 3 rings (SSSR count). The number of hydrogen-bond acceptors (Lipinski definition) is 7. The second kappa shape index (κ2) is 8.16. The molecule has 7 nitrogen and oxygen atoms in total. The number of aromatic nitrogens is 2. The van der Waals surface area contributed by atoms with Crippen LogP contribution in [0.15, 0.2) is 41.0 Å². The molecular formula is C21H23N3O4S. The number of para-hydroxylation sites is 1. The van der Waals surface area contributed by atoms with Crippen molar-refractivity contribution < 1.29 is 19.2 Å². The van der Waals surface area contributed by atoms with Crippen molar-refractivity contribution in [3.05, 3.63) is 52.1 Å². The summed E-state index contributed by atoms with van der Waals surface area (Å²) >= 11 is 1.24. The van der Waals surface area contributed by atoms with Crippen LogP contribution in [0.25, 0.3) is 10.9 Å². The second-order valence-corrected chi connectivity index (χ2v) is 8.21. The lowest BCUT2D eigenvalue weighted by Gasteiger charge is -2.19. The highest BCUT2D eigenvalue weighted by atomic mass is 32.1. The molecule has 0 aliphatic heterocycles. The molecule has 0 aliphatic carbocycles. The molecule has 152 valence electrons. The Kier molecular flexibility index (Phi) is 5.83. The van der Waals surface area contributed by atoms with Gasteiger partial charge in [0.1, 0.15) is 18.4 Å². The summed E-state index contributed by atoms with van der Waals surface area (Å²) in [6.45, 7) is 7.33. The summed E-state index contributed by atoms with van der Waals surface area (Å²) in [6.07, 6.45) is 1.61. The van der Waals surface area contributed by atoms with Crippen molar-refractivity contribution in [2.45, 2.75) is 39.7 Å². The third-order valence-electron chi connectivity index (χ3n) is 4.08. The fourth-order valence-electron chi connectivity index (χ4n) is 2.85. The number of carbonyl (C=O) groups excluding carboxylic acids is 2. The molecular weight excluding hydrogens is 390 g/mol. The monoisotopic (exact) mass is 413 g/mol. The minimum Gasteiger partial charge on any atom is -0.443 e. The van der Waals surface area contributed by atoms with E-state index >= 15 is 0 Å². The first-order valence-electron chi connectivity index (χ1n) is 9.19. The van der Waals surface area contributed by atoms with Gasteiger partial charge < -0.3 is 9.57 Å². The van der Waals surface area contributed by atoms with Crippen LogP contribution in [0.4, 0.5) is 4.79 Å². The number of ether oxygens (including phenoxy) is 1. The van der Waals surface area contributed by atoms with Gasteiger partial charge in [0.15, 0.2) is 5.01 Å². The van der Waals surface area contributed by atoms with Gasteiger partial charge in [-0.2, -0.15) is 0 Å². The van der Waals surface area contributed by atoms with E-state index in [0.29, 0.717) is 39.3 Å². The first-order valence-corrected chi connectivity index (χ1v) is 10.1. The fraction of sp³-hybridized carbons (Fsp3) is 0.333. The number of rotatable bonds is 5. The molecule has 0 atom stereocenters. The molecule has 29 heavy (non-hydrogen) atoms. The molecule has 0 unspecified atom stereocenters. The van der Waals surface area contributed by atoms with Crippen LogP contribution in [0.3, 0.4) is 0 Å². The van der Waals surface area contributed by atoms with Gasteiger partial charge in [0.05, 0.1) is 16.8 Å². The Morgan fingerprint density at radius 1 is 1.24 bits per heavy atom. The van der Waals surface area contributed by atoms with Crippen molar-refractivity contribution in [3.8, 4) is 0 Å². The van der Waals surface area contributed by atoms with Crippen molar-refractivity contribution in [3.63, 3.8) is 0 Å². The molecule has 2 heterocycles. The number of nitrogens with zero attached hydrogens (tertiary/aromatic N) is 3. The van der Waals surface area contributed by atoms with E-state index in [0.717, 1.165) is 0 Å². The van der Waals surface area contributed by atoms with Gasteiger partial charge in [-0.25, -0.2) is 9.78 Å². The highest BCUT2D eigenvalue weighted by Gasteiger charge is 2.24. The van der Waals surface area contributed by atoms with Crippen molar-refractivity contribution in [1.29, 1.82) is 0 Å². The number of ketones is 1. The number of benzene rings is 1. The van der Waals surface area contributed by atoms with Crippen LogP contribution in [-0.4, -0.2) is 39.9 Å². The molecule has 1 aromatic carbocycles. The molecule has 0 aliphatic rings. The van der Waals surface area contributed by atoms with E-state index in [2.05, 4.69) is 10.1 Å². The maximum absolute atomic E-state index is 13.2. The van der Waals surface area contributed by atoms with Crippen molar-refractivity contribution >= 4 is 39.8 Å². The van der Waals surface area contributed by atoms with Crippen LogP contribution in [0.5, 0.6) is 0 Å². The zero-order valence-corrected chi connectivity index (χ0v) is 17.9. The predicted molar refractivity (Wildman–Crippen MR) is 113 cm³/mol. The Labute approximate surface area is 172 Å². The van der Waals surface area contributed by atoms with Crippen LogP contribution >= 0.6 is 11.3 Å². The fourth-order valence-corrected chi connectivity index (χ4v) is 3.63. The van der Waals surface area contributed by atoms with Crippen LogP contribution in [0.2, 0.25) is 0 Å². The highest BCUT2D eigenvalue weighted by molar-refractivity contribution is 7.12. The average Bonchev–Trinajstić information content (AvgIpc) is 3.29. The van der Waals surface area contributed by atoms with Gasteiger partial charge in [-0.05, 0) is 33.3 Å². The first kappa shape index (κ1) is 20.7. The van der Waals surface area contributed by atoms with Gasteiger partial charge in [-0.1, -0.05) is 30.3 Å². The summed E-state index contributed by atoms with van der Waals surface area (Å²) in [7, 11) is 1.47.